The van der Waals surface area contributed by atoms with E-state index in [4.69, 9.17) is 0 Å². The first kappa shape index (κ1) is 9.76. The van der Waals surface area contributed by atoms with Crippen molar-refractivity contribution < 1.29 is 0 Å². The molecule has 0 saturated carbocycles. The van der Waals surface area contributed by atoms with Crippen LogP contribution >= 0.6 is 0 Å². The minimum absolute atomic E-state index is 0.777. The molecule has 2 unspecified atom stereocenters. The zero-order chi connectivity index (χ0) is 10.1. The second-order valence-corrected chi connectivity index (χ2v) is 5.09. The molecule has 1 aliphatic rings. The first-order valence-corrected chi connectivity index (χ1v) is 5.76. The molecule has 0 heterocycles. The van der Waals surface area contributed by atoms with Gasteiger partial charge < -0.3 is 0 Å². The summed E-state index contributed by atoms with van der Waals surface area (Å²) < 4.78 is 0. The molecule has 0 aromatic heterocycles. The van der Waals surface area contributed by atoms with Gasteiger partial charge >= 0.3 is 0 Å². The van der Waals surface area contributed by atoms with Crippen LogP contribution in [0.2, 0.25) is 0 Å². The van der Waals surface area contributed by atoms with Gasteiger partial charge in [-0.05, 0) is 41.7 Å². The Kier molecular flexibility index (Phi) is 2.62. The second kappa shape index (κ2) is 3.76. The van der Waals surface area contributed by atoms with Crippen LogP contribution in [0, 0.1) is 11.8 Å². The van der Waals surface area contributed by atoms with Gasteiger partial charge in [-0.15, -0.1) is 0 Å². The van der Waals surface area contributed by atoms with Crippen LogP contribution in [-0.2, 0) is 6.42 Å². The predicted octanol–water partition coefficient (Wildman–Crippen LogP) is 4.01. The fraction of sp³-hybridized carbons (Fsp3) is 0.571. The van der Waals surface area contributed by atoms with Crippen molar-refractivity contribution in [1.82, 2.24) is 0 Å². The van der Waals surface area contributed by atoms with Crippen LogP contribution in [-0.4, -0.2) is 0 Å². The van der Waals surface area contributed by atoms with Crippen LogP contribution in [0.4, 0.5) is 0 Å². The summed E-state index contributed by atoms with van der Waals surface area (Å²) in [7, 11) is 0. The maximum Gasteiger partial charge on any atom is -0.0133 e. The zero-order valence-electron chi connectivity index (χ0n) is 9.46. The molecule has 0 radical (unpaired) electrons. The van der Waals surface area contributed by atoms with Gasteiger partial charge in [-0.1, -0.05) is 45.0 Å². The molecule has 0 aliphatic heterocycles. The van der Waals surface area contributed by atoms with E-state index in [-0.39, 0.29) is 0 Å². The molecule has 76 valence electrons. The lowest BCUT2D eigenvalue weighted by atomic mass is 9.73. The fourth-order valence-corrected chi connectivity index (χ4v) is 2.73. The lowest BCUT2D eigenvalue weighted by Crippen LogP contribution is -2.20. The average Bonchev–Trinajstić information content (AvgIpc) is 2.16. The highest BCUT2D eigenvalue weighted by Crippen LogP contribution is 2.38. The van der Waals surface area contributed by atoms with E-state index in [0.29, 0.717) is 0 Å². The maximum absolute atomic E-state index is 2.38. The monoisotopic (exact) mass is 188 g/mol. The molecular weight excluding hydrogens is 168 g/mol. The first-order chi connectivity index (χ1) is 6.68. The van der Waals surface area contributed by atoms with Crippen LogP contribution < -0.4 is 0 Å². The van der Waals surface area contributed by atoms with Gasteiger partial charge in [0.25, 0.3) is 0 Å². The summed E-state index contributed by atoms with van der Waals surface area (Å²) in [6.07, 6.45) is 2.65. The van der Waals surface area contributed by atoms with E-state index in [1.54, 1.807) is 11.1 Å². The molecule has 0 amide bonds. The minimum Gasteiger partial charge on any atom is -0.0622 e. The van der Waals surface area contributed by atoms with Crippen LogP contribution in [0.25, 0.3) is 0 Å². The van der Waals surface area contributed by atoms with Crippen LogP contribution in [0.15, 0.2) is 24.3 Å². The topological polar surface area (TPSA) is 0 Å². The first-order valence-electron chi connectivity index (χ1n) is 5.76. The molecule has 14 heavy (non-hydrogen) atoms. The molecule has 1 aromatic rings. The second-order valence-electron chi connectivity index (χ2n) is 5.09. The highest BCUT2D eigenvalue weighted by Gasteiger charge is 2.25. The van der Waals surface area contributed by atoms with Crippen molar-refractivity contribution in [1.29, 1.82) is 0 Å². The van der Waals surface area contributed by atoms with Gasteiger partial charge in [-0.25, -0.2) is 0 Å². The smallest absolute Gasteiger partial charge is 0.0133 e. The van der Waals surface area contributed by atoms with Crippen molar-refractivity contribution in [2.45, 2.75) is 39.5 Å². The molecule has 0 saturated heterocycles. The van der Waals surface area contributed by atoms with Crippen molar-refractivity contribution in [2.24, 2.45) is 11.8 Å². The van der Waals surface area contributed by atoms with Gasteiger partial charge in [0.2, 0.25) is 0 Å². The van der Waals surface area contributed by atoms with Gasteiger partial charge in [0, 0.05) is 0 Å². The highest BCUT2D eigenvalue weighted by molar-refractivity contribution is 5.33. The van der Waals surface area contributed by atoms with Crippen LogP contribution in [0.5, 0.6) is 0 Å². The maximum atomic E-state index is 2.38. The van der Waals surface area contributed by atoms with E-state index in [1.807, 2.05) is 0 Å². The third kappa shape index (κ3) is 1.70. The molecule has 2 atom stereocenters. The normalized spacial score (nSPS) is 26.3. The van der Waals surface area contributed by atoms with E-state index < -0.39 is 0 Å². The Morgan fingerprint density at radius 1 is 1.21 bits per heavy atom. The number of hydrogen-bond acceptors (Lipinski definition) is 0. The predicted molar refractivity (Wildman–Crippen MR) is 61.5 cm³/mol. The van der Waals surface area contributed by atoms with Gasteiger partial charge in [0.1, 0.15) is 0 Å². The van der Waals surface area contributed by atoms with Crippen molar-refractivity contribution >= 4 is 0 Å². The van der Waals surface area contributed by atoms with E-state index in [0.717, 1.165) is 17.8 Å². The Morgan fingerprint density at radius 3 is 2.64 bits per heavy atom. The van der Waals surface area contributed by atoms with Crippen molar-refractivity contribution in [3.05, 3.63) is 35.4 Å². The fourth-order valence-electron chi connectivity index (χ4n) is 2.73. The zero-order valence-corrected chi connectivity index (χ0v) is 9.46. The Balaban J connectivity index is 2.38. The largest absolute Gasteiger partial charge is 0.0622 e. The van der Waals surface area contributed by atoms with E-state index in [9.17, 15) is 0 Å². The SMILES string of the molecule is CC1Cc2ccccc2C(C(C)C)C1. The third-order valence-corrected chi connectivity index (χ3v) is 3.48. The highest BCUT2D eigenvalue weighted by atomic mass is 14.3. The summed E-state index contributed by atoms with van der Waals surface area (Å²) in [6.45, 7) is 7.07. The molecular formula is C14H20. The quantitative estimate of drug-likeness (QED) is 0.624. The van der Waals surface area contributed by atoms with E-state index in [2.05, 4.69) is 45.0 Å². The van der Waals surface area contributed by atoms with Gasteiger partial charge in [-0.2, -0.15) is 0 Å². The molecule has 0 spiro atoms. The lowest BCUT2D eigenvalue weighted by molar-refractivity contribution is 0.363. The van der Waals surface area contributed by atoms with Crippen molar-refractivity contribution in [3.8, 4) is 0 Å². The molecule has 0 nitrogen and oxygen atoms in total. The van der Waals surface area contributed by atoms with E-state index in [1.165, 1.54) is 12.8 Å². The minimum atomic E-state index is 0.777. The number of fused-ring (bicyclic) bond motifs is 1. The number of rotatable bonds is 1. The summed E-state index contributed by atoms with van der Waals surface area (Å²) in [5, 5.41) is 0. The molecule has 1 aromatic carbocycles. The summed E-state index contributed by atoms with van der Waals surface area (Å²) in [5.41, 5.74) is 3.20. The summed E-state index contributed by atoms with van der Waals surface area (Å²) >= 11 is 0. The molecule has 0 heteroatoms. The van der Waals surface area contributed by atoms with Gasteiger partial charge in [-0.3, -0.25) is 0 Å². The Labute approximate surface area is 87.3 Å². The van der Waals surface area contributed by atoms with Crippen molar-refractivity contribution in [2.75, 3.05) is 0 Å². The standard InChI is InChI=1S/C14H20/c1-10(2)14-9-11(3)8-12-6-4-5-7-13(12)14/h4-7,10-11,14H,8-9H2,1-3H3. The molecule has 0 fully saturated rings. The van der Waals surface area contributed by atoms with Gasteiger partial charge in [0.05, 0.1) is 0 Å². The van der Waals surface area contributed by atoms with Crippen LogP contribution in [0.3, 0.4) is 0 Å². The molecule has 0 bridgehead atoms. The summed E-state index contributed by atoms with van der Waals surface area (Å²) in [4.78, 5) is 0. The molecule has 2 rings (SSSR count). The van der Waals surface area contributed by atoms with E-state index >= 15 is 0 Å². The summed E-state index contributed by atoms with van der Waals surface area (Å²) in [5.74, 6) is 2.42. The third-order valence-electron chi connectivity index (χ3n) is 3.48. The Morgan fingerprint density at radius 2 is 1.93 bits per heavy atom. The summed E-state index contributed by atoms with van der Waals surface area (Å²) in [6, 6.07) is 8.99. The van der Waals surface area contributed by atoms with Crippen LogP contribution in [0.1, 0.15) is 44.2 Å². The molecule has 0 N–H and O–H groups in total. The van der Waals surface area contributed by atoms with Gasteiger partial charge in [0.15, 0.2) is 0 Å². The van der Waals surface area contributed by atoms with Crippen molar-refractivity contribution in [3.63, 3.8) is 0 Å². The Hall–Kier alpha value is -0.780. The lowest BCUT2D eigenvalue weighted by Gasteiger charge is -2.32. The number of hydrogen-bond donors (Lipinski definition) is 0. The average molecular weight is 188 g/mol. The Bertz CT molecular complexity index is 312. The number of benzene rings is 1. The molecule has 1 aliphatic carbocycles.